The maximum absolute atomic E-state index is 11.2. The molecule has 0 aromatic carbocycles. The summed E-state index contributed by atoms with van der Waals surface area (Å²) in [5, 5.41) is 19.8. The van der Waals surface area contributed by atoms with Gasteiger partial charge >= 0.3 is 11.8 Å². The van der Waals surface area contributed by atoms with Crippen LogP contribution in [0.5, 0.6) is 0 Å². The summed E-state index contributed by atoms with van der Waals surface area (Å²) in [5.74, 6) is -1.29. The summed E-state index contributed by atoms with van der Waals surface area (Å²) in [7, 11) is 0. The van der Waals surface area contributed by atoms with E-state index in [0.29, 0.717) is 6.42 Å². The van der Waals surface area contributed by atoms with Crippen LogP contribution < -0.4 is 4.90 Å². The van der Waals surface area contributed by atoms with Gasteiger partial charge in [0, 0.05) is 18.2 Å². The molecule has 0 aliphatic carbocycles. The first-order valence-corrected chi connectivity index (χ1v) is 6.19. The van der Waals surface area contributed by atoms with Crippen LogP contribution in [0, 0.1) is 16.0 Å². The van der Waals surface area contributed by atoms with Crippen LogP contribution in [0.1, 0.15) is 19.3 Å². The van der Waals surface area contributed by atoms with Crippen molar-refractivity contribution < 1.29 is 14.8 Å². The van der Waals surface area contributed by atoms with E-state index in [9.17, 15) is 20.0 Å². The zero-order valence-corrected chi connectivity index (χ0v) is 10.1. The normalized spacial score (nSPS) is 28.6. The number of rotatable bonds is 3. The van der Waals surface area contributed by atoms with Crippen LogP contribution in [0.2, 0.25) is 0 Å². The lowest BCUT2D eigenvalue weighted by Crippen LogP contribution is -2.32. The van der Waals surface area contributed by atoms with Crippen molar-refractivity contribution in [3.63, 3.8) is 0 Å². The van der Waals surface area contributed by atoms with Crippen molar-refractivity contribution in [2.75, 3.05) is 4.90 Å². The number of pyridine rings is 1. The van der Waals surface area contributed by atoms with Crippen molar-refractivity contribution in [3.8, 4) is 0 Å². The predicted octanol–water partition coefficient (Wildman–Crippen LogP) is 1.43. The molecule has 1 aromatic heterocycles. The molecule has 3 unspecified atom stereocenters. The largest absolute Gasteiger partial charge is 0.481 e. The molecule has 2 saturated heterocycles. The minimum absolute atomic E-state index is 0.00856. The molecule has 0 spiro atoms. The molecule has 0 radical (unpaired) electrons. The van der Waals surface area contributed by atoms with E-state index >= 15 is 0 Å². The number of fused-ring (bicyclic) bond motifs is 2. The third-order valence-electron chi connectivity index (χ3n) is 4.07. The standard InChI is InChI=1S/C12H13N3O4/c16-12(17)9-5-7-1-3-10(9)14(7)8-2-4-11(13-6-8)15(18)19/h2,4,6-7,9-10H,1,3,5H2,(H,16,17). The Labute approximate surface area is 109 Å². The number of carbonyl (C=O) groups is 1. The van der Waals surface area contributed by atoms with E-state index in [1.54, 1.807) is 6.07 Å². The van der Waals surface area contributed by atoms with Crippen molar-refractivity contribution >= 4 is 17.5 Å². The molecule has 3 heterocycles. The number of carboxylic acid groups (broad SMARTS) is 1. The summed E-state index contributed by atoms with van der Waals surface area (Å²) in [4.78, 5) is 27.1. The maximum atomic E-state index is 11.2. The van der Waals surface area contributed by atoms with Crippen LogP contribution in [-0.4, -0.2) is 33.1 Å². The van der Waals surface area contributed by atoms with E-state index in [0.717, 1.165) is 18.5 Å². The number of aliphatic carboxylic acids is 1. The van der Waals surface area contributed by atoms with Crippen molar-refractivity contribution in [3.05, 3.63) is 28.4 Å². The van der Waals surface area contributed by atoms with E-state index in [1.807, 2.05) is 0 Å². The van der Waals surface area contributed by atoms with Crippen molar-refractivity contribution in [1.82, 2.24) is 4.98 Å². The van der Waals surface area contributed by atoms with Gasteiger partial charge in [-0.05, 0) is 35.2 Å². The van der Waals surface area contributed by atoms with Gasteiger partial charge in [-0.25, -0.2) is 0 Å². The molecule has 2 aliphatic rings. The number of aromatic nitrogens is 1. The molecule has 2 fully saturated rings. The molecular formula is C12H13N3O4. The second kappa shape index (κ2) is 4.18. The van der Waals surface area contributed by atoms with Crippen LogP contribution in [0.25, 0.3) is 0 Å². The lowest BCUT2D eigenvalue weighted by molar-refractivity contribution is -0.389. The zero-order chi connectivity index (χ0) is 13.6. The Balaban J connectivity index is 1.87. The third kappa shape index (κ3) is 1.81. The quantitative estimate of drug-likeness (QED) is 0.654. The first kappa shape index (κ1) is 11.9. The molecule has 7 nitrogen and oxygen atoms in total. The predicted molar refractivity (Wildman–Crippen MR) is 65.9 cm³/mol. The van der Waals surface area contributed by atoms with Gasteiger partial charge in [-0.3, -0.25) is 4.79 Å². The zero-order valence-electron chi connectivity index (χ0n) is 10.1. The fourth-order valence-electron chi connectivity index (χ4n) is 3.30. The Kier molecular flexibility index (Phi) is 2.62. The number of carboxylic acids is 1. The summed E-state index contributed by atoms with van der Waals surface area (Å²) in [5.41, 5.74) is 0.779. The monoisotopic (exact) mass is 263 g/mol. The fourth-order valence-corrected chi connectivity index (χ4v) is 3.30. The van der Waals surface area contributed by atoms with Gasteiger partial charge < -0.3 is 20.1 Å². The van der Waals surface area contributed by atoms with Gasteiger partial charge in [0.05, 0.1) is 11.6 Å². The Hall–Kier alpha value is -2.18. The molecule has 1 N–H and O–H groups in total. The highest BCUT2D eigenvalue weighted by Gasteiger charge is 2.49. The Morgan fingerprint density at radius 1 is 1.47 bits per heavy atom. The average molecular weight is 263 g/mol. The van der Waals surface area contributed by atoms with Gasteiger partial charge in [-0.15, -0.1) is 0 Å². The Bertz CT molecular complexity index is 530. The van der Waals surface area contributed by atoms with Crippen LogP contribution in [-0.2, 0) is 4.79 Å². The van der Waals surface area contributed by atoms with Gasteiger partial charge in [-0.2, -0.15) is 0 Å². The molecule has 1 aromatic rings. The van der Waals surface area contributed by atoms with Crippen LogP contribution >= 0.6 is 0 Å². The highest BCUT2D eigenvalue weighted by atomic mass is 16.6. The van der Waals surface area contributed by atoms with E-state index in [4.69, 9.17) is 0 Å². The van der Waals surface area contributed by atoms with Gasteiger partial charge in [-0.1, -0.05) is 0 Å². The summed E-state index contributed by atoms with van der Waals surface area (Å²) >= 11 is 0. The number of nitrogens with zero attached hydrogens (tertiary/aromatic N) is 3. The second-order valence-corrected chi connectivity index (χ2v) is 5.02. The molecule has 2 aliphatic heterocycles. The lowest BCUT2D eigenvalue weighted by Gasteiger charge is -2.23. The molecule has 19 heavy (non-hydrogen) atoms. The molecule has 3 atom stereocenters. The summed E-state index contributed by atoms with van der Waals surface area (Å²) in [6.07, 6.45) is 3.95. The molecule has 0 amide bonds. The van der Waals surface area contributed by atoms with E-state index in [-0.39, 0.29) is 23.8 Å². The second-order valence-electron chi connectivity index (χ2n) is 5.02. The minimum Gasteiger partial charge on any atom is -0.481 e. The molecule has 7 heteroatoms. The Morgan fingerprint density at radius 3 is 2.79 bits per heavy atom. The smallest absolute Gasteiger partial charge is 0.363 e. The van der Waals surface area contributed by atoms with Crippen LogP contribution in [0.4, 0.5) is 11.5 Å². The summed E-state index contributed by atoms with van der Waals surface area (Å²) in [6.45, 7) is 0. The van der Waals surface area contributed by atoms with E-state index < -0.39 is 10.9 Å². The SMILES string of the molecule is O=C(O)C1CC2CCC1N2c1ccc([N+](=O)[O-])nc1. The van der Waals surface area contributed by atoms with Crippen molar-refractivity contribution in [2.45, 2.75) is 31.3 Å². The molecule has 2 bridgehead atoms. The molecule has 100 valence electrons. The fraction of sp³-hybridized carbons (Fsp3) is 0.500. The molecule has 3 rings (SSSR count). The maximum Gasteiger partial charge on any atom is 0.363 e. The van der Waals surface area contributed by atoms with Gasteiger partial charge in [0.25, 0.3) is 0 Å². The lowest BCUT2D eigenvalue weighted by atomic mass is 9.89. The van der Waals surface area contributed by atoms with E-state index in [2.05, 4.69) is 9.88 Å². The number of nitro groups is 1. The van der Waals surface area contributed by atoms with Gasteiger partial charge in [0.2, 0.25) is 0 Å². The highest BCUT2D eigenvalue weighted by Crippen LogP contribution is 2.44. The van der Waals surface area contributed by atoms with Gasteiger partial charge in [0.15, 0.2) is 6.20 Å². The molecule has 0 saturated carbocycles. The summed E-state index contributed by atoms with van der Waals surface area (Å²) in [6, 6.07) is 3.23. The van der Waals surface area contributed by atoms with Crippen LogP contribution in [0.3, 0.4) is 0 Å². The Morgan fingerprint density at radius 2 is 2.26 bits per heavy atom. The number of anilines is 1. The number of hydrogen-bond donors (Lipinski definition) is 1. The van der Waals surface area contributed by atoms with E-state index in [1.165, 1.54) is 12.3 Å². The van der Waals surface area contributed by atoms with Gasteiger partial charge in [0.1, 0.15) is 0 Å². The first-order chi connectivity index (χ1) is 9.08. The topological polar surface area (TPSA) is 96.6 Å². The minimum atomic E-state index is -0.757. The molecular weight excluding hydrogens is 250 g/mol. The van der Waals surface area contributed by atoms with Crippen molar-refractivity contribution in [1.29, 1.82) is 0 Å². The first-order valence-electron chi connectivity index (χ1n) is 6.19. The van der Waals surface area contributed by atoms with Crippen molar-refractivity contribution in [2.24, 2.45) is 5.92 Å². The average Bonchev–Trinajstić information content (AvgIpc) is 2.96. The highest BCUT2D eigenvalue weighted by molar-refractivity contribution is 5.74. The third-order valence-corrected chi connectivity index (χ3v) is 4.07. The number of hydrogen-bond acceptors (Lipinski definition) is 5. The summed E-state index contributed by atoms with van der Waals surface area (Å²) < 4.78 is 0. The van der Waals surface area contributed by atoms with Crippen LogP contribution in [0.15, 0.2) is 18.3 Å².